The molecule has 2 atom stereocenters. The summed E-state index contributed by atoms with van der Waals surface area (Å²) in [5, 5.41) is 0. The van der Waals surface area contributed by atoms with Crippen molar-refractivity contribution in [1.82, 2.24) is 4.90 Å². The number of anilines is 1. The zero-order chi connectivity index (χ0) is 13.9. The summed E-state index contributed by atoms with van der Waals surface area (Å²) in [7, 11) is 0. The van der Waals surface area contributed by atoms with Crippen molar-refractivity contribution in [3.8, 4) is 0 Å². The molecule has 2 aliphatic heterocycles. The first-order chi connectivity index (χ1) is 9.72. The van der Waals surface area contributed by atoms with E-state index in [9.17, 15) is 4.79 Å². The number of hydrogen-bond donors (Lipinski definition) is 1. The van der Waals surface area contributed by atoms with Crippen molar-refractivity contribution in [2.75, 3.05) is 37.6 Å². The molecule has 2 aliphatic rings. The minimum atomic E-state index is -0.134. The number of likely N-dealkylation sites (tertiary alicyclic amines) is 1. The maximum Gasteiger partial charge on any atom is 0.221 e. The van der Waals surface area contributed by atoms with Crippen LogP contribution < -0.4 is 10.6 Å². The van der Waals surface area contributed by atoms with Gasteiger partial charge in [-0.15, -0.1) is 0 Å². The van der Waals surface area contributed by atoms with Crippen molar-refractivity contribution in [1.29, 1.82) is 0 Å². The lowest BCUT2D eigenvalue weighted by Crippen LogP contribution is -2.32. The third-order valence-corrected chi connectivity index (χ3v) is 4.60. The Labute approximate surface area is 120 Å². The number of benzene rings is 1. The molecule has 0 aliphatic carbocycles. The Bertz CT molecular complexity index is 462. The van der Waals surface area contributed by atoms with Crippen LogP contribution in [0.3, 0.4) is 0 Å². The average molecular weight is 273 g/mol. The van der Waals surface area contributed by atoms with Crippen LogP contribution >= 0.6 is 0 Å². The average Bonchev–Trinajstić information content (AvgIpc) is 3.10. The molecule has 2 fully saturated rings. The summed E-state index contributed by atoms with van der Waals surface area (Å²) in [6.45, 7) is 5.25. The Kier molecular flexibility index (Phi) is 3.92. The number of nitrogens with zero attached hydrogens (tertiary/aromatic N) is 2. The van der Waals surface area contributed by atoms with E-state index in [2.05, 4.69) is 40.1 Å². The van der Waals surface area contributed by atoms with Crippen LogP contribution in [0.15, 0.2) is 30.3 Å². The molecule has 2 saturated heterocycles. The number of hydrogen-bond acceptors (Lipinski definition) is 3. The predicted octanol–water partition coefficient (Wildman–Crippen LogP) is 1.32. The van der Waals surface area contributed by atoms with E-state index in [1.165, 1.54) is 12.1 Å². The summed E-state index contributed by atoms with van der Waals surface area (Å²) >= 11 is 0. The smallest absolute Gasteiger partial charge is 0.221 e. The van der Waals surface area contributed by atoms with Crippen LogP contribution in [0.25, 0.3) is 0 Å². The predicted molar refractivity (Wildman–Crippen MR) is 80.5 cm³/mol. The second-order valence-corrected chi connectivity index (χ2v) is 6.08. The van der Waals surface area contributed by atoms with Gasteiger partial charge in [-0.25, -0.2) is 0 Å². The number of carbonyl (C=O) groups is 1. The Morgan fingerprint density at radius 2 is 1.95 bits per heavy atom. The van der Waals surface area contributed by atoms with Gasteiger partial charge in [0.2, 0.25) is 5.91 Å². The Balaban J connectivity index is 1.50. The third-order valence-electron chi connectivity index (χ3n) is 4.60. The van der Waals surface area contributed by atoms with Crippen LogP contribution in [0.4, 0.5) is 5.69 Å². The normalized spacial score (nSPS) is 27.1. The first kappa shape index (κ1) is 13.4. The van der Waals surface area contributed by atoms with Gasteiger partial charge in [0.1, 0.15) is 0 Å². The molecule has 0 spiro atoms. The van der Waals surface area contributed by atoms with Gasteiger partial charge in [-0.05, 0) is 37.4 Å². The van der Waals surface area contributed by atoms with Crippen LogP contribution in [0.1, 0.15) is 12.8 Å². The summed E-state index contributed by atoms with van der Waals surface area (Å²) in [5.74, 6) is 0.647. The molecule has 2 N–H and O–H groups in total. The number of para-hydroxylation sites is 1. The Morgan fingerprint density at radius 1 is 1.15 bits per heavy atom. The topological polar surface area (TPSA) is 49.6 Å². The monoisotopic (exact) mass is 273 g/mol. The molecule has 1 aromatic rings. The fourth-order valence-corrected chi connectivity index (χ4v) is 3.45. The van der Waals surface area contributed by atoms with E-state index in [-0.39, 0.29) is 11.8 Å². The van der Waals surface area contributed by atoms with E-state index in [4.69, 9.17) is 5.73 Å². The van der Waals surface area contributed by atoms with Crippen molar-refractivity contribution in [2.45, 2.75) is 12.8 Å². The van der Waals surface area contributed by atoms with Gasteiger partial charge in [0.05, 0.1) is 5.92 Å². The van der Waals surface area contributed by atoms with Gasteiger partial charge in [0.15, 0.2) is 0 Å². The van der Waals surface area contributed by atoms with Crippen LogP contribution in [0.5, 0.6) is 0 Å². The molecule has 0 saturated carbocycles. The van der Waals surface area contributed by atoms with Crippen LogP contribution in [0, 0.1) is 11.8 Å². The summed E-state index contributed by atoms with van der Waals surface area (Å²) in [5.41, 5.74) is 6.72. The van der Waals surface area contributed by atoms with Gasteiger partial charge in [-0.1, -0.05) is 18.2 Å². The molecule has 108 valence electrons. The molecule has 0 unspecified atom stereocenters. The Hall–Kier alpha value is -1.55. The Morgan fingerprint density at radius 3 is 2.65 bits per heavy atom. The molecule has 0 aromatic heterocycles. The molecular formula is C16H23N3O. The van der Waals surface area contributed by atoms with Crippen molar-refractivity contribution < 1.29 is 4.79 Å². The molecule has 4 heteroatoms. The molecule has 2 heterocycles. The van der Waals surface area contributed by atoms with Crippen LogP contribution in [-0.2, 0) is 4.79 Å². The summed E-state index contributed by atoms with van der Waals surface area (Å²) in [6, 6.07) is 10.6. The van der Waals surface area contributed by atoms with Gasteiger partial charge in [0.25, 0.3) is 0 Å². The van der Waals surface area contributed by atoms with Crippen LogP contribution in [0.2, 0.25) is 0 Å². The highest BCUT2D eigenvalue weighted by Gasteiger charge is 2.30. The van der Waals surface area contributed by atoms with Gasteiger partial charge in [-0.2, -0.15) is 0 Å². The zero-order valence-corrected chi connectivity index (χ0v) is 11.9. The lowest BCUT2D eigenvalue weighted by Gasteiger charge is -2.22. The van der Waals surface area contributed by atoms with Crippen molar-refractivity contribution in [3.05, 3.63) is 30.3 Å². The molecule has 0 radical (unpaired) electrons. The second-order valence-electron chi connectivity index (χ2n) is 6.08. The van der Waals surface area contributed by atoms with Crippen LogP contribution in [-0.4, -0.2) is 43.5 Å². The number of amides is 1. The largest absolute Gasteiger partial charge is 0.371 e. The molecule has 1 aromatic carbocycles. The van der Waals surface area contributed by atoms with Gasteiger partial charge < -0.3 is 15.5 Å². The first-order valence-electron chi connectivity index (χ1n) is 7.54. The SMILES string of the molecule is NC(=O)[C@@H]1CCN(C[C@H]2CCN(c3ccccc3)C2)C1. The fourth-order valence-electron chi connectivity index (χ4n) is 3.45. The van der Waals surface area contributed by atoms with Gasteiger partial charge in [0, 0.05) is 31.9 Å². The minimum Gasteiger partial charge on any atom is -0.371 e. The lowest BCUT2D eigenvalue weighted by atomic mass is 10.1. The number of nitrogens with two attached hydrogens (primary N) is 1. The molecule has 3 rings (SSSR count). The zero-order valence-electron chi connectivity index (χ0n) is 11.9. The fraction of sp³-hybridized carbons (Fsp3) is 0.562. The van der Waals surface area contributed by atoms with E-state index in [1.807, 2.05) is 0 Å². The standard InChI is InChI=1S/C16H23N3O/c17-16(20)14-7-8-18(12-14)10-13-6-9-19(11-13)15-4-2-1-3-5-15/h1-5,13-14H,6-12H2,(H2,17,20)/t13-,14-/m1/s1. The van der Waals surface area contributed by atoms with E-state index in [1.54, 1.807) is 0 Å². The quantitative estimate of drug-likeness (QED) is 0.900. The lowest BCUT2D eigenvalue weighted by molar-refractivity contribution is -0.121. The third kappa shape index (κ3) is 2.96. The molecule has 20 heavy (non-hydrogen) atoms. The highest BCUT2D eigenvalue weighted by molar-refractivity contribution is 5.77. The summed E-state index contributed by atoms with van der Waals surface area (Å²) in [4.78, 5) is 16.1. The summed E-state index contributed by atoms with van der Waals surface area (Å²) < 4.78 is 0. The maximum atomic E-state index is 11.2. The van der Waals surface area contributed by atoms with E-state index >= 15 is 0 Å². The highest BCUT2D eigenvalue weighted by Crippen LogP contribution is 2.25. The maximum absolute atomic E-state index is 11.2. The van der Waals surface area contributed by atoms with E-state index in [0.717, 1.165) is 39.1 Å². The molecule has 0 bridgehead atoms. The number of primary amides is 1. The van der Waals surface area contributed by atoms with E-state index in [0.29, 0.717) is 5.92 Å². The van der Waals surface area contributed by atoms with Gasteiger partial charge in [-0.3, -0.25) is 4.79 Å². The molecule has 1 amide bonds. The van der Waals surface area contributed by atoms with Crippen molar-refractivity contribution in [2.24, 2.45) is 17.6 Å². The highest BCUT2D eigenvalue weighted by atomic mass is 16.1. The first-order valence-corrected chi connectivity index (χ1v) is 7.54. The summed E-state index contributed by atoms with van der Waals surface area (Å²) in [6.07, 6.45) is 2.18. The van der Waals surface area contributed by atoms with Crippen molar-refractivity contribution >= 4 is 11.6 Å². The number of carbonyl (C=O) groups excluding carboxylic acids is 1. The van der Waals surface area contributed by atoms with E-state index < -0.39 is 0 Å². The second kappa shape index (κ2) is 5.83. The van der Waals surface area contributed by atoms with Crippen molar-refractivity contribution in [3.63, 3.8) is 0 Å². The number of rotatable bonds is 4. The molecule has 4 nitrogen and oxygen atoms in total. The minimum absolute atomic E-state index is 0.0710. The molecular weight excluding hydrogens is 250 g/mol. The van der Waals surface area contributed by atoms with Gasteiger partial charge >= 0.3 is 0 Å².